The maximum Gasteiger partial charge on any atom is 0.0175 e. The van der Waals surface area contributed by atoms with Gasteiger partial charge in [0, 0.05) is 14.9 Å². The molecule has 0 aliphatic carbocycles. The van der Waals surface area contributed by atoms with Gasteiger partial charge < -0.3 is 0 Å². The second kappa shape index (κ2) is 5.15. The van der Waals surface area contributed by atoms with E-state index in [-0.39, 0.29) is 5.92 Å². The van der Waals surface area contributed by atoms with E-state index in [1.165, 1.54) is 11.1 Å². The van der Waals surface area contributed by atoms with Crippen LogP contribution in [0.3, 0.4) is 0 Å². The van der Waals surface area contributed by atoms with Crippen LogP contribution in [0, 0.1) is 6.92 Å². The highest BCUT2D eigenvalue weighted by molar-refractivity contribution is 9.10. The quantitative estimate of drug-likeness (QED) is 0.708. The van der Waals surface area contributed by atoms with Crippen LogP contribution in [0.15, 0.2) is 57.5 Å². The largest absolute Gasteiger partial charge is 0.0573 e. The maximum absolute atomic E-state index is 4.21. The highest BCUT2D eigenvalue weighted by atomic mass is 79.9. The second-order valence-electron chi connectivity index (χ2n) is 3.66. The van der Waals surface area contributed by atoms with E-state index in [9.17, 15) is 0 Å². The molecule has 0 N–H and O–H groups in total. The summed E-state index contributed by atoms with van der Waals surface area (Å²) in [6.07, 6.45) is 0. The van der Waals surface area contributed by atoms with Gasteiger partial charge in [-0.3, -0.25) is 0 Å². The molecule has 2 rings (SSSR count). The van der Waals surface area contributed by atoms with Crippen molar-refractivity contribution in [3.05, 3.63) is 75.5 Å². The number of hydrogen-bond donors (Lipinski definition) is 0. The fourth-order valence-electron chi connectivity index (χ4n) is 1.58. The molecular formula is C14H11Br2. The Morgan fingerprint density at radius 1 is 0.688 bits per heavy atom. The van der Waals surface area contributed by atoms with Crippen LogP contribution < -0.4 is 0 Å². The molecule has 0 heterocycles. The molecule has 0 bridgehead atoms. The maximum atomic E-state index is 4.21. The molecule has 2 heteroatoms. The lowest BCUT2D eigenvalue weighted by Crippen LogP contribution is -1.95. The third kappa shape index (κ3) is 2.74. The fraction of sp³-hybridized carbons (Fsp3) is 0.0714. The molecule has 1 radical (unpaired) electrons. The van der Waals surface area contributed by atoms with Crippen LogP contribution in [0.1, 0.15) is 17.0 Å². The SMILES string of the molecule is [CH2]C(c1ccc(Br)cc1)c1ccc(Br)cc1. The van der Waals surface area contributed by atoms with Gasteiger partial charge in [-0.25, -0.2) is 0 Å². The summed E-state index contributed by atoms with van der Waals surface area (Å²) < 4.78 is 2.19. The van der Waals surface area contributed by atoms with Crippen molar-refractivity contribution >= 4 is 31.9 Å². The Balaban J connectivity index is 2.28. The standard InChI is InChI=1S/C14H11Br2/c1-10(11-2-6-13(15)7-3-11)12-4-8-14(16)9-5-12/h2-10H,1H2. The molecule has 0 saturated carbocycles. The monoisotopic (exact) mass is 337 g/mol. The van der Waals surface area contributed by atoms with Crippen LogP contribution in [-0.4, -0.2) is 0 Å². The Labute approximate surface area is 113 Å². The van der Waals surface area contributed by atoms with Crippen LogP contribution in [0.2, 0.25) is 0 Å². The molecule has 0 nitrogen and oxygen atoms in total. The summed E-state index contributed by atoms with van der Waals surface area (Å²) >= 11 is 6.87. The van der Waals surface area contributed by atoms with E-state index in [0.29, 0.717) is 0 Å². The molecule has 0 amide bonds. The van der Waals surface area contributed by atoms with Crippen molar-refractivity contribution in [2.24, 2.45) is 0 Å². The van der Waals surface area contributed by atoms with Gasteiger partial charge in [-0.2, -0.15) is 0 Å². The Bertz CT molecular complexity index is 412. The minimum atomic E-state index is 0.182. The van der Waals surface area contributed by atoms with E-state index in [1.54, 1.807) is 0 Å². The minimum absolute atomic E-state index is 0.182. The van der Waals surface area contributed by atoms with Crippen LogP contribution in [0.4, 0.5) is 0 Å². The predicted molar refractivity (Wildman–Crippen MR) is 75.5 cm³/mol. The van der Waals surface area contributed by atoms with Crippen molar-refractivity contribution in [3.8, 4) is 0 Å². The molecule has 0 aliphatic heterocycles. The summed E-state index contributed by atoms with van der Waals surface area (Å²) in [4.78, 5) is 0. The molecule has 2 aromatic rings. The molecular weight excluding hydrogens is 328 g/mol. The van der Waals surface area contributed by atoms with Crippen molar-refractivity contribution < 1.29 is 0 Å². The zero-order chi connectivity index (χ0) is 11.5. The van der Waals surface area contributed by atoms with E-state index in [0.717, 1.165) is 8.95 Å². The lowest BCUT2D eigenvalue weighted by atomic mass is 9.93. The lowest BCUT2D eigenvalue weighted by Gasteiger charge is -2.12. The van der Waals surface area contributed by atoms with Gasteiger partial charge in [0.1, 0.15) is 0 Å². The minimum Gasteiger partial charge on any atom is -0.0573 e. The Hall–Kier alpha value is -0.600. The van der Waals surface area contributed by atoms with Crippen molar-refractivity contribution in [1.29, 1.82) is 0 Å². The van der Waals surface area contributed by atoms with E-state index in [4.69, 9.17) is 0 Å². The van der Waals surface area contributed by atoms with Gasteiger partial charge in [0.2, 0.25) is 0 Å². The molecule has 0 aliphatic rings. The zero-order valence-electron chi connectivity index (χ0n) is 8.66. The van der Waals surface area contributed by atoms with E-state index >= 15 is 0 Å². The molecule has 0 saturated heterocycles. The van der Waals surface area contributed by atoms with Gasteiger partial charge >= 0.3 is 0 Å². The smallest absolute Gasteiger partial charge is 0.0175 e. The highest BCUT2D eigenvalue weighted by Crippen LogP contribution is 2.25. The normalized spacial score (nSPS) is 10.8. The molecule has 0 fully saturated rings. The number of rotatable bonds is 2. The predicted octanol–water partition coefficient (Wildman–Crippen LogP) is 5.18. The fourth-order valence-corrected chi connectivity index (χ4v) is 2.11. The number of benzene rings is 2. The molecule has 2 aromatic carbocycles. The number of halogens is 2. The summed E-state index contributed by atoms with van der Waals surface area (Å²) in [7, 11) is 0. The molecule has 0 unspecified atom stereocenters. The van der Waals surface area contributed by atoms with Crippen LogP contribution >= 0.6 is 31.9 Å². The molecule has 0 aromatic heterocycles. The molecule has 0 spiro atoms. The van der Waals surface area contributed by atoms with Gasteiger partial charge in [-0.05, 0) is 42.3 Å². The van der Waals surface area contributed by atoms with Crippen molar-refractivity contribution in [2.45, 2.75) is 5.92 Å². The topological polar surface area (TPSA) is 0 Å². The average Bonchev–Trinajstić information content (AvgIpc) is 2.30. The molecule has 81 valence electrons. The van der Waals surface area contributed by atoms with E-state index in [1.807, 2.05) is 24.3 Å². The number of hydrogen-bond acceptors (Lipinski definition) is 0. The van der Waals surface area contributed by atoms with Gasteiger partial charge in [0.15, 0.2) is 0 Å². The summed E-state index contributed by atoms with van der Waals surface area (Å²) in [6, 6.07) is 16.6. The Morgan fingerprint density at radius 2 is 1.00 bits per heavy atom. The van der Waals surface area contributed by atoms with Crippen LogP contribution in [-0.2, 0) is 0 Å². The summed E-state index contributed by atoms with van der Waals surface area (Å²) in [5, 5.41) is 0. The summed E-state index contributed by atoms with van der Waals surface area (Å²) in [5.41, 5.74) is 2.45. The molecule has 0 atom stereocenters. The van der Waals surface area contributed by atoms with Crippen molar-refractivity contribution in [3.63, 3.8) is 0 Å². The van der Waals surface area contributed by atoms with Gasteiger partial charge in [0.05, 0.1) is 0 Å². The third-order valence-corrected chi connectivity index (χ3v) is 3.60. The Morgan fingerprint density at radius 3 is 1.31 bits per heavy atom. The van der Waals surface area contributed by atoms with Gasteiger partial charge in [0.25, 0.3) is 0 Å². The lowest BCUT2D eigenvalue weighted by molar-refractivity contribution is 1.02. The summed E-state index contributed by atoms with van der Waals surface area (Å²) in [6.45, 7) is 4.21. The first kappa shape index (κ1) is 11.9. The highest BCUT2D eigenvalue weighted by Gasteiger charge is 2.07. The summed E-state index contributed by atoms with van der Waals surface area (Å²) in [5.74, 6) is 0.182. The van der Waals surface area contributed by atoms with E-state index < -0.39 is 0 Å². The Kier molecular flexibility index (Phi) is 3.82. The van der Waals surface area contributed by atoms with Crippen molar-refractivity contribution in [1.82, 2.24) is 0 Å². The second-order valence-corrected chi connectivity index (χ2v) is 5.49. The van der Waals surface area contributed by atoms with Gasteiger partial charge in [-0.1, -0.05) is 56.1 Å². The van der Waals surface area contributed by atoms with Crippen molar-refractivity contribution in [2.75, 3.05) is 0 Å². The first-order valence-corrected chi connectivity index (χ1v) is 6.59. The zero-order valence-corrected chi connectivity index (χ0v) is 11.8. The van der Waals surface area contributed by atoms with Crippen LogP contribution in [0.5, 0.6) is 0 Å². The van der Waals surface area contributed by atoms with Crippen LogP contribution in [0.25, 0.3) is 0 Å². The van der Waals surface area contributed by atoms with E-state index in [2.05, 4.69) is 63.0 Å². The first-order chi connectivity index (χ1) is 7.66. The molecule has 16 heavy (non-hydrogen) atoms. The first-order valence-electron chi connectivity index (χ1n) is 5.01. The van der Waals surface area contributed by atoms with Gasteiger partial charge in [-0.15, -0.1) is 0 Å². The average molecular weight is 339 g/mol. The third-order valence-electron chi connectivity index (χ3n) is 2.54.